The van der Waals surface area contributed by atoms with E-state index in [2.05, 4.69) is 0 Å². The molecule has 0 fully saturated rings. The lowest BCUT2D eigenvalue weighted by Crippen LogP contribution is -2.67. The van der Waals surface area contributed by atoms with Gasteiger partial charge in [-0.25, -0.2) is 18.4 Å². The summed E-state index contributed by atoms with van der Waals surface area (Å²) in [4.78, 5) is 19.6. The molecule has 2 atom stereocenters. The molecule has 0 aromatic heterocycles. The fourth-order valence-electron chi connectivity index (χ4n) is 1.02. The van der Waals surface area contributed by atoms with Crippen LogP contribution >= 0.6 is 0 Å². The number of carboxylic acid groups (broad SMARTS) is 2. The average molecular weight is 354 g/mol. The van der Waals surface area contributed by atoms with E-state index in [0.29, 0.717) is 0 Å². The molecule has 0 aliphatic rings. The minimum atomic E-state index is -7.43. The maximum atomic E-state index is 12.9. The number of alkyl halides is 10. The molecule has 4 nitrogen and oxygen atoms in total. The van der Waals surface area contributed by atoms with E-state index in [1.54, 1.807) is 0 Å². The Kier molecular flexibility index (Phi) is 5.02. The normalized spacial score (nSPS) is 17.0. The van der Waals surface area contributed by atoms with E-state index in [0.717, 1.165) is 0 Å². The summed E-state index contributed by atoms with van der Waals surface area (Å²) in [5, 5.41) is 15.5. The molecule has 0 radical (unpaired) electrons. The Hall–Kier alpha value is -1.76. The van der Waals surface area contributed by atoms with Crippen LogP contribution in [0.1, 0.15) is 0 Å². The molecule has 0 aromatic carbocycles. The monoisotopic (exact) mass is 354 g/mol. The van der Waals surface area contributed by atoms with E-state index in [9.17, 15) is 53.5 Å². The lowest BCUT2D eigenvalue weighted by molar-refractivity contribution is -0.371. The SMILES string of the molecule is O=C(O)C(F)C(F)C(F)(F)C(F)(F)C(F)(F)C(F)(F)C(=O)O. The second kappa shape index (κ2) is 5.46. The van der Waals surface area contributed by atoms with Crippen LogP contribution in [-0.2, 0) is 9.59 Å². The lowest BCUT2D eigenvalue weighted by atomic mass is 9.94. The van der Waals surface area contributed by atoms with E-state index in [4.69, 9.17) is 10.2 Å². The van der Waals surface area contributed by atoms with Crippen molar-refractivity contribution >= 4 is 11.9 Å². The first kappa shape index (κ1) is 20.2. The molecule has 2 N–H and O–H groups in total. The van der Waals surface area contributed by atoms with Crippen molar-refractivity contribution in [2.24, 2.45) is 0 Å². The van der Waals surface area contributed by atoms with Gasteiger partial charge < -0.3 is 10.2 Å². The summed E-state index contributed by atoms with van der Waals surface area (Å²) in [5.41, 5.74) is 0. The summed E-state index contributed by atoms with van der Waals surface area (Å²) in [7, 11) is 0. The molecular formula is C8H4F10O4. The third-order valence-electron chi connectivity index (χ3n) is 2.32. The maximum Gasteiger partial charge on any atom is 0.410 e. The van der Waals surface area contributed by atoms with E-state index < -0.39 is 48.0 Å². The van der Waals surface area contributed by atoms with Crippen molar-refractivity contribution in [3.8, 4) is 0 Å². The first-order chi connectivity index (χ1) is 9.46. The van der Waals surface area contributed by atoms with Gasteiger partial charge in [-0.15, -0.1) is 0 Å². The lowest BCUT2D eigenvalue weighted by Gasteiger charge is -2.36. The largest absolute Gasteiger partial charge is 0.479 e. The first-order valence-electron chi connectivity index (χ1n) is 4.71. The van der Waals surface area contributed by atoms with Gasteiger partial charge in [0.05, 0.1) is 0 Å². The highest BCUT2D eigenvalue weighted by molar-refractivity contribution is 5.77. The summed E-state index contributed by atoms with van der Waals surface area (Å²) in [6.07, 6.45) is -9.62. The van der Waals surface area contributed by atoms with Crippen LogP contribution < -0.4 is 0 Å². The molecule has 0 aromatic rings. The van der Waals surface area contributed by atoms with Crippen molar-refractivity contribution in [1.29, 1.82) is 0 Å². The number of rotatable bonds is 7. The Balaban J connectivity index is 5.99. The third kappa shape index (κ3) is 2.65. The number of hydrogen-bond acceptors (Lipinski definition) is 2. The van der Waals surface area contributed by atoms with Crippen molar-refractivity contribution in [2.45, 2.75) is 36.0 Å². The van der Waals surface area contributed by atoms with Gasteiger partial charge in [-0.05, 0) is 0 Å². The fraction of sp³-hybridized carbons (Fsp3) is 0.750. The molecule has 0 amide bonds. The second-order valence-corrected chi connectivity index (χ2v) is 3.79. The van der Waals surface area contributed by atoms with Gasteiger partial charge in [0, 0.05) is 0 Å². The summed E-state index contributed by atoms with van der Waals surface area (Å²) in [5.74, 6) is -35.6. The number of carboxylic acids is 2. The van der Waals surface area contributed by atoms with Crippen molar-refractivity contribution in [3.63, 3.8) is 0 Å². The van der Waals surface area contributed by atoms with Crippen LogP contribution in [-0.4, -0.2) is 58.2 Å². The molecule has 0 rings (SSSR count). The molecule has 0 bridgehead atoms. The van der Waals surface area contributed by atoms with E-state index in [1.807, 2.05) is 0 Å². The van der Waals surface area contributed by atoms with Gasteiger partial charge in [0.15, 0.2) is 0 Å². The van der Waals surface area contributed by atoms with Gasteiger partial charge in [0.2, 0.25) is 12.3 Å². The quantitative estimate of drug-likeness (QED) is 0.689. The molecule has 0 heterocycles. The van der Waals surface area contributed by atoms with Gasteiger partial charge >= 0.3 is 35.6 Å². The van der Waals surface area contributed by atoms with Crippen molar-refractivity contribution in [2.75, 3.05) is 0 Å². The summed E-state index contributed by atoms with van der Waals surface area (Å²) >= 11 is 0. The highest BCUT2D eigenvalue weighted by atomic mass is 19.4. The van der Waals surface area contributed by atoms with Gasteiger partial charge in [-0.2, -0.15) is 35.1 Å². The Morgan fingerprint density at radius 2 is 1.14 bits per heavy atom. The molecule has 0 aliphatic heterocycles. The molecule has 0 aliphatic carbocycles. The minimum absolute atomic E-state index is 3.10. The topological polar surface area (TPSA) is 74.6 Å². The van der Waals surface area contributed by atoms with Gasteiger partial charge in [0.1, 0.15) is 0 Å². The van der Waals surface area contributed by atoms with Crippen LogP contribution in [0.5, 0.6) is 0 Å². The summed E-state index contributed by atoms with van der Waals surface area (Å²) < 4.78 is 127. The van der Waals surface area contributed by atoms with E-state index >= 15 is 0 Å². The van der Waals surface area contributed by atoms with Crippen LogP contribution in [0.4, 0.5) is 43.9 Å². The van der Waals surface area contributed by atoms with E-state index in [1.165, 1.54) is 0 Å². The third-order valence-corrected chi connectivity index (χ3v) is 2.32. The van der Waals surface area contributed by atoms with Crippen LogP contribution in [0.3, 0.4) is 0 Å². The van der Waals surface area contributed by atoms with Crippen LogP contribution in [0, 0.1) is 0 Å². The van der Waals surface area contributed by atoms with Crippen LogP contribution in [0.25, 0.3) is 0 Å². The summed E-state index contributed by atoms with van der Waals surface area (Å²) in [6, 6.07) is 0. The number of carbonyl (C=O) groups is 2. The first-order valence-corrected chi connectivity index (χ1v) is 4.71. The summed E-state index contributed by atoms with van der Waals surface area (Å²) in [6.45, 7) is 0. The predicted octanol–water partition coefficient (Wildman–Crippen LogP) is 2.37. The number of hydrogen-bond donors (Lipinski definition) is 2. The van der Waals surface area contributed by atoms with Gasteiger partial charge in [-0.3, -0.25) is 0 Å². The highest BCUT2D eigenvalue weighted by Crippen LogP contribution is 2.54. The Labute approximate surface area is 113 Å². The molecule has 0 spiro atoms. The van der Waals surface area contributed by atoms with Crippen molar-refractivity contribution < 1.29 is 63.7 Å². The Morgan fingerprint density at radius 3 is 1.41 bits per heavy atom. The smallest absolute Gasteiger partial charge is 0.410 e. The molecule has 0 saturated heterocycles. The molecule has 22 heavy (non-hydrogen) atoms. The zero-order valence-electron chi connectivity index (χ0n) is 9.65. The molecule has 130 valence electrons. The number of aliphatic carboxylic acids is 2. The molecule has 2 unspecified atom stereocenters. The standard InChI is InChI=1S/C8H4F10O4/c9-1(3(19)20)2(10)5(11,12)7(15,16)8(17,18)6(13,14)4(21)22/h1-2H,(H,19,20)(H,21,22). The van der Waals surface area contributed by atoms with Gasteiger partial charge in [-0.1, -0.05) is 0 Å². The van der Waals surface area contributed by atoms with Crippen molar-refractivity contribution in [3.05, 3.63) is 0 Å². The average Bonchev–Trinajstić information content (AvgIpc) is 2.35. The molecule has 0 saturated carbocycles. The molecular weight excluding hydrogens is 350 g/mol. The number of halogens is 10. The Bertz CT molecular complexity index is 462. The van der Waals surface area contributed by atoms with E-state index in [-0.39, 0.29) is 0 Å². The Morgan fingerprint density at radius 1 is 0.773 bits per heavy atom. The minimum Gasteiger partial charge on any atom is -0.479 e. The highest BCUT2D eigenvalue weighted by Gasteiger charge is 2.85. The zero-order valence-corrected chi connectivity index (χ0v) is 9.65. The second-order valence-electron chi connectivity index (χ2n) is 3.79. The predicted molar refractivity (Wildman–Crippen MR) is 44.9 cm³/mol. The molecule has 14 heteroatoms. The fourth-order valence-corrected chi connectivity index (χ4v) is 1.02. The maximum absolute atomic E-state index is 12.9. The zero-order chi connectivity index (χ0) is 18.3. The van der Waals surface area contributed by atoms with Crippen molar-refractivity contribution in [1.82, 2.24) is 0 Å². The van der Waals surface area contributed by atoms with Crippen LogP contribution in [0.2, 0.25) is 0 Å². The van der Waals surface area contributed by atoms with Gasteiger partial charge in [0.25, 0.3) is 0 Å². The van der Waals surface area contributed by atoms with Crippen LogP contribution in [0.15, 0.2) is 0 Å².